The van der Waals surface area contributed by atoms with Gasteiger partial charge >= 0.3 is 5.97 Å². The van der Waals surface area contributed by atoms with Gasteiger partial charge in [-0.2, -0.15) is 0 Å². The third kappa shape index (κ3) is 7.20. The average Bonchev–Trinajstić information content (AvgIpc) is 3.25. The van der Waals surface area contributed by atoms with Crippen molar-refractivity contribution in [1.29, 1.82) is 0 Å². The molecule has 7 heteroatoms. The molecule has 2 amide bonds. The van der Waals surface area contributed by atoms with E-state index in [0.717, 1.165) is 42.1 Å². The van der Waals surface area contributed by atoms with Crippen LogP contribution in [0.1, 0.15) is 43.7 Å². The van der Waals surface area contributed by atoms with Gasteiger partial charge in [-0.25, -0.2) is 4.79 Å². The molecule has 34 heavy (non-hydrogen) atoms. The van der Waals surface area contributed by atoms with Crippen LogP contribution in [0, 0.1) is 0 Å². The Morgan fingerprint density at radius 1 is 1.00 bits per heavy atom. The minimum absolute atomic E-state index is 0.0825. The number of fused-ring (bicyclic) bond motifs is 1. The van der Waals surface area contributed by atoms with E-state index in [4.69, 9.17) is 0 Å². The zero-order chi connectivity index (χ0) is 24.3. The predicted molar refractivity (Wildman–Crippen MR) is 132 cm³/mol. The smallest absolute Gasteiger partial charge is 0.326 e. The maximum atomic E-state index is 12.6. The molecule has 1 aromatic heterocycles. The Kier molecular flexibility index (Phi) is 9.26. The highest BCUT2D eigenvalue weighted by Crippen LogP contribution is 2.19. The van der Waals surface area contributed by atoms with Crippen LogP contribution in [0.5, 0.6) is 0 Å². The topological polar surface area (TPSA) is 102 Å². The zero-order valence-electron chi connectivity index (χ0n) is 19.6. The zero-order valence-corrected chi connectivity index (χ0v) is 19.6. The van der Waals surface area contributed by atoms with Gasteiger partial charge in [0, 0.05) is 36.5 Å². The second kappa shape index (κ2) is 12.6. The van der Waals surface area contributed by atoms with E-state index in [2.05, 4.69) is 22.4 Å². The number of hydrogen-bond donors (Lipinski definition) is 3. The molecule has 1 atom stereocenters. The number of H-pyrrole nitrogens is 1. The third-order valence-electron chi connectivity index (χ3n) is 6.00. The summed E-state index contributed by atoms with van der Waals surface area (Å²) in [5, 5.41) is 13.2. The molecular formula is C27H33N3O4. The first-order chi connectivity index (χ1) is 16.5. The van der Waals surface area contributed by atoms with Crippen LogP contribution in [0.4, 0.5) is 0 Å². The van der Waals surface area contributed by atoms with Crippen LogP contribution in [0.3, 0.4) is 0 Å². The summed E-state index contributed by atoms with van der Waals surface area (Å²) >= 11 is 0. The average molecular weight is 464 g/mol. The fourth-order valence-corrected chi connectivity index (χ4v) is 4.10. The molecule has 2 aromatic carbocycles. The highest BCUT2D eigenvalue weighted by atomic mass is 16.4. The number of aryl methyl sites for hydroxylation is 1. The minimum Gasteiger partial charge on any atom is -0.480 e. The van der Waals surface area contributed by atoms with Crippen molar-refractivity contribution in [2.75, 3.05) is 13.1 Å². The van der Waals surface area contributed by atoms with Crippen molar-refractivity contribution in [1.82, 2.24) is 15.2 Å². The lowest BCUT2D eigenvalue weighted by molar-refractivity contribution is -0.142. The standard InChI is InChI=1S/C27H33N3O4/c1-2-30(26(32)16-8-4-7-13-20-11-5-3-6-12-20)19-25(31)29-24(27(33)34)17-21-18-28-23-15-10-9-14-22(21)23/h3,5-6,9-12,14-15,18,24,28H,2,4,7-8,13,16-17,19H2,1H3,(H,29,31)(H,33,34)/t24-/m0/s1. The summed E-state index contributed by atoms with van der Waals surface area (Å²) in [5.74, 6) is -1.65. The van der Waals surface area contributed by atoms with E-state index < -0.39 is 17.9 Å². The summed E-state index contributed by atoms with van der Waals surface area (Å²) in [4.78, 5) is 41.6. The molecule has 0 aliphatic carbocycles. The van der Waals surface area contributed by atoms with Crippen LogP contribution in [0.15, 0.2) is 60.8 Å². The van der Waals surface area contributed by atoms with E-state index in [9.17, 15) is 19.5 Å². The number of amides is 2. The summed E-state index contributed by atoms with van der Waals surface area (Å²) < 4.78 is 0. The van der Waals surface area contributed by atoms with Crippen molar-refractivity contribution in [3.05, 3.63) is 71.9 Å². The molecule has 0 bridgehead atoms. The van der Waals surface area contributed by atoms with Gasteiger partial charge in [-0.15, -0.1) is 0 Å². The van der Waals surface area contributed by atoms with Gasteiger partial charge in [0.2, 0.25) is 11.8 Å². The molecule has 7 nitrogen and oxygen atoms in total. The van der Waals surface area contributed by atoms with Gasteiger partial charge in [-0.1, -0.05) is 55.0 Å². The molecule has 0 saturated carbocycles. The molecule has 180 valence electrons. The van der Waals surface area contributed by atoms with Gasteiger partial charge in [-0.05, 0) is 43.4 Å². The number of likely N-dealkylation sites (N-methyl/N-ethyl adjacent to an activating group) is 1. The molecule has 1 heterocycles. The van der Waals surface area contributed by atoms with Gasteiger partial charge in [0.15, 0.2) is 0 Å². The van der Waals surface area contributed by atoms with Crippen molar-refractivity contribution < 1.29 is 19.5 Å². The number of nitrogens with one attached hydrogen (secondary N) is 2. The molecule has 0 saturated heterocycles. The number of hydrogen-bond acceptors (Lipinski definition) is 3. The third-order valence-corrected chi connectivity index (χ3v) is 6.00. The Balaban J connectivity index is 1.45. The number of carboxylic acids is 1. The number of unbranched alkanes of at least 4 members (excludes halogenated alkanes) is 2. The van der Waals surface area contributed by atoms with Gasteiger partial charge in [0.1, 0.15) is 6.04 Å². The van der Waals surface area contributed by atoms with E-state index in [1.54, 1.807) is 6.20 Å². The van der Waals surface area contributed by atoms with Crippen LogP contribution in [-0.2, 0) is 27.2 Å². The lowest BCUT2D eigenvalue weighted by Gasteiger charge is -2.22. The molecule has 0 radical (unpaired) electrons. The number of para-hydroxylation sites is 1. The van der Waals surface area contributed by atoms with Crippen LogP contribution < -0.4 is 5.32 Å². The molecular weight excluding hydrogens is 430 g/mol. The summed E-state index contributed by atoms with van der Waals surface area (Å²) in [5.41, 5.74) is 3.03. The summed E-state index contributed by atoms with van der Waals surface area (Å²) in [7, 11) is 0. The van der Waals surface area contributed by atoms with Crippen LogP contribution in [0.25, 0.3) is 10.9 Å². The number of aliphatic carboxylic acids is 1. The minimum atomic E-state index is -1.11. The molecule has 0 aliphatic rings. The first kappa shape index (κ1) is 25.0. The second-order valence-electron chi connectivity index (χ2n) is 8.48. The van der Waals surface area contributed by atoms with E-state index in [1.165, 1.54) is 10.5 Å². The quantitative estimate of drug-likeness (QED) is 0.334. The van der Waals surface area contributed by atoms with Crippen molar-refractivity contribution in [3.8, 4) is 0 Å². The maximum absolute atomic E-state index is 12.6. The van der Waals surface area contributed by atoms with Crippen LogP contribution in [0.2, 0.25) is 0 Å². The maximum Gasteiger partial charge on any atom is 0.326 e. The molecule has 0 fully saturated rings. The first-order valence-corrected chi connectivity index (χ1v) is 11.9. The number of nitrogens with zero attached hydrogens (tertiary/aromatic N) is 1. The number of carbonyl (C=O) groups excluding carboxylic acids is 2. The molecule has 0 spiro atoms. The number of aromatic nitrogens is 1. The summed E-state index contributed by atoms with van der Waals surface area (Å²) in [6.07, 6.45) is 6.02. The van der Waals surface area contributed by atoms with Gasteiger partial charge in [0.25, 0.3) is 0 Å². The van der Waals surface area contributed by atoms with E-state index in [-0.39, 0.29) is 18.9 Å². The molecule has 0 aliphatic heterocycles. The number of carbonyl (C=O) groups is 3. The number of rotatable bonds is 13. The normalized spacial score (nSPS) is 11.8. The van der Waals surface area contributed by atoms with Gasteiger partial charge in [-0.3, -0.25) is 9.59 Å². The SMILES string of the molecule is CCN(CC(=O)N[C@@H](Cc1c[nH]c2ccccc12)C(=O)O)C(=O)CCCCCc1ccccc1. The lowest BCUT2D eigenvalue weighted by Crippen LogP contribution is -2.47. The largest absolute Gasteiger partial charge is 0.480 e. The first-order valence-electron chi connectivity index (χ1n) is 11.9. The van der Waals surface area contributed by atoms with E-state index in [0.29, 0.717) is 13.0 Å². The van der Waals surface area contributed by atoms with Crippen LogP contribution in [-0.4, -0.2) is 51.9 Å². The number of benzene rings is 2. The predicted octanol–water partition coefficient (Wildman–Crippen LogP) is 3.93. The monoisotopic (exact) mass is 463 g/mol. The summed E-state index contributed by atoms with van der Waals surface area (Å²) in [6, 6.07) is 16.8. The highest BCUT2D eigenvalue weighted by Gasteiger charge is 2.23. The van der Waals surface area contributed by atoms with Crippen molar-refractivity contribution >= 4 is 28.7 Å². The Morgan fingerprint density at radius 3 is 2.47 bits per heavy atom. The molecule has 3 rings (SSSR count). The number of aromatic amines is 1. The lowest BCUT2D eigenvalue weighted by atomic mass is 10.0. The highest BCUT2D eigenvalue weighted by molar-refractivity contribution is 5.89. The van der Waals surface area contributed by atoms with Crippen molar-refractivity contribution in [2.24, 2.45) is 0 Å². The molecule has 3 N–H and O–H groups in total. The molecule has 3 aromatic rings. The number of carboxylic acid groups (broad SMARTS) is 1. The Bertz CT molecular complexity index is 1090. The Hall–Kier alpha value is -3.61. The van der Waals surface area contributed by atoms with Crippen LogP contribution >= 0.6 is 0 Å². The van der Waals surface area contributed by atoms with Crippen molar-refractivity contribution in [2.45, 2.75) is 51.5 Å². The fourth-order valence-electron chi connectivity index (χ4n) is 4.10. The summed E-state index contributed by atoms with van der Waals surface area (Å²) in [6.45, 7) is 2.08. The fraction of sp³-hybridized carbons (Fsp3) is 0.370. The van der Waals surface area contributed by atoms with Gasteiger partial charge < -0.3 is 20.3 Å². The Morgan fingerprint density at radius 2 is 1.74 bits per heavy atom. The Labute approximate surface area is 200 Å². The van der Waals surface area contributed by atoms with Crippen molar-refractivity contribution in [3.63, 3.8) is 0 Å². The second-order valence-corrected chi connectivity index (χ2v) is 8.48. The van der Waals surface area contributed by atoms with E-state index in [1.807, 2.05) is 49.4 Å². The van der Waals surface area contributed by atoms with Gasteiger partial charge in [0.05, 0.1) is 6.54 Å². The molecule has 0 unspecified atom stereocenters. The van der Waals surface area contributed by atoms with E-state index >= 15 is 0 Å².